The maximum Gasteiger partial charge on any atom is 0.125 e. The predicted molar refractivity (Wildman–Crippen MR) is 76.9 cm³/mol. The molecular formula is C13H18N2S2. The Bertz CT molecular complexity index is 462. The lowest BCUT2D eigenvalue weighted by Gasteiger charge is -1.98. The third-order valence-corrected chi connectivity index (χ3v) is 4.68. The van der Waals surface area contributed by atoms with Crippen LogP contribution in [-0.2, 0) is 13.0 Å². The number of thiophene rings is 1. The molecule has 2 aromatic rings. The number of hydrogen-bond donors (Lipinski definition) is 1. The molecule has 1 N–H and O–H groups in total. The highest BCUT2D eigenvalue weighted by Crippen LogP contribution is 2.32. The molecular weight excluding hydrogens is 248 g/mol. The van der Waals surface area contributed by atoms with E-state index >= 15 is 0 Å². The van der Waals surface area contributed by atoms with E-state index in [1.165, 1.54) is 26.7 Å². The van der Waals surface area contributed by atoms with Crippen molar-refractivity contribution in [3.8, 4) is 10.6 Å². The van der Waals surface area contributed by atoms with Crippen molar-refractivity contribution in [1.29, 1.82) is 0 Å². The van der Waals surface area contributed by atoms with Crippen molar-refractivity contribution in [2.24, 2.45) is 0 Å². The Morgan fingerprint density at radius 3 is 2.76 bits per heavy atom. The lowest BCUT2D eigenvalue weighted by atomic mass is 10.2. The lowest BCUT2D eigenvalue weighted by molar-refractivity contribution is 0.798. The van der Waals surface area contributed by atoms with Gasteiger partial charge in [0, 0.05) is 22.4 Å². The van der Waals surface area contributed by atoms with Gasteiger partial charge in [-0.2, -0.15) is 11.3 Å². The van der Waals surface area contributed by atoms with Crippen molar-refractivity contribution >= 4 is 22.7 Å². The summed E-state index contributed by atoms with van der Waals surface area (Å²) >= 11 is 3.58. The molecule has 0 aliphatic rings. The zero-order valence-electron chi connectivity index (χ0n) is 10.5. The maximum atomic E-state index is 4.81. The van der Waals surface area contributed by atoms with Gasteiger partial charge in [0.1, 0.15) is 5.01 Å². The Balaban J connectivity index is 2.36. The summed E-state index contributed by atoms with van der Waals surface area (Å²) < 4.78 is 0. The normalized spacial score (nSPS) is 11.0. The van der Waals surface area contributed by atoms with Crippen LogP contribution in [0.2, 0.25) is 0 Å². The molecule has 0 bridgehead atoms. The predicted octanol–water partition coefficient (Wildman–Crippen LogP) is 3.85. The average Bonchev–Trinajstić information content (AvgIpc) is 2.87. The van der Waals surface area contributed by atoms with Crippen LogP contribution in [-0.4, -0.2) is 12.0 Å². The summed E-state index contributed by atoms with van der Waals surface area (Å²) in [5.41, 5.74) is 3.91. The van der Waals surface area contributed by atoms with Gasteiger partial charge in [0.25, 0.3) is 0 Å². The Hall–Kier alpha value is -0.710. The summed E-state index contributed by atoms with van der Waals surface area (Å²) in [6, 6.07) is 0. The summed E-state index contributed by atoms with van der Waals surface area (Å²) in [4.78, 5) is 6.19. The van der Waals surface area contributed by atoms with Crippen LogP contribution in [0.3, 0.4) is 0 Å². The van der Waals surface area contributed by atoms with Crippen LogP contribution in [0.1, 0.15) is 29.5 Å². The van der Waals surface area contributed by atoms with E-state index in [1.807, 2.05) is 18.4 Å². The molecule has 0 amide bonds. The molecule has 17 heavy (non-hydrogen) atoms. The molecule has 2 nitrogen and oxygen atoms in total. The maximum absolute atomic E-state index is 4.81. The molecule has 2 aromatic heterocycles. The molecule has 4 heteroatoms. The number of aromatic nitrogens is 1. The second-order valence-corrected chi connectivity index (χ2v) is 5.96. The van der Waals surface area contributed by atoms with E-state index in [0.717, 1.165) is 19.4 Å². The fraction of sp³-hybridized carbons (Fsp3) is 0.462. The fourth-order valence-corrected chi connectivity index (χ4v) is 3.92. The van der Waals surface area contributed by atoms with Gasteiger partial charge in [-0.05, 0) is 31.3 Å². The minimum absolute atomic E-state index is 0.927. The van der Waals surface area contributed by atoms with Gasteiger partial charge in [0.15, 0.2) is 0 Å². The SMILES string of the molecule is CCCc1nc(-c2cscc2C)sc1CNC. The lowest BCUT2D eigenvalue weighted by Crippen LogP contribution is -2.05. The van der Waals surface area contributed by atoms with Crippen LogP contribution in [0.5, 0.6) is 0 Å². The van der Waals surface area contributed by atoms with Gasteiger partial charge in [-0.1, -0.05) is 13.3 Å². The fourth-order valence-electron chi connectivity index (χ4n) is 1.81. The third kappa shape index (κ3) is 2.76. The number of nitrogens with one attached hydrogen (secondary N) is 1. The molecule has 0 aromatic carbocycles. The van der Waals surface area contributed by atoms with Gasteiger partial charge >= 0.3 is 0 Å². The van der Waals surface area contributed by atoms with Gasteiger partial charge in [0.2, 0.25) is 0 Å². The summed E-state index contributed by atoms with van der Waals surface area (Å²) in [6.07, 6.45) is 2.24. The van der Waals surface area contributed by atoms with Crippen LogP contribution >= 0.6 is 22.7 Å². The Kier molecular flexibility index (Phi) is 4.31. The zero-order chi connectivity index (χ0) is 12.3. The van der Waals surface area contributed by atoms with E-state index in [1.54, 1.807) is 11.3 Å². The van der Waals surface area contributed by atoms with Crippen molar-refractivity contribution in [2.75, 3.05) is 7.05 Å². The Morgan fingerprint density at radius 2 is 2.18 bits per heavy atom. The van der Waals surface area contributed by atoms with Gasteiger partial charge < -0.3 is 5.32 Å². The topological polar surface area (TPSA) is 24.9 Å². The quantitative estimate of drug-likeness (QED) is 0.889. The first-order valence-electron chi connectivity index (χ1n) is 5.92. The van der Waals surface area contributed by atoms with E-state index in [2.05, 4.69) is 29.9 Å². The van der Waals surface area contributed by atoms with Gasteiger partial charge in [-0.25, -0.2) is 4.98 Å². The summed E-state index contributed by atoms with van der Waals surface area (Å²) in [5, 5.41) is 8.80. The van der Waals surface area contributed by atoms with E-state index in [0.29, 0.717) is 0 Å². The summed E-state index contributed by atoms with van der Waals surface area (Å²) in [7, 11) is 1.99. The molecule has 2 heterocycles. The van der Waals surface area contributed by atoms with E-state index < -0.39 is 0 Å². The highest BCUT2D eigenvalue weighted by Gasteiger charge is 2.13. The van der Waals surface area contributed by atoms with E-state index in [-0.39, 0.29) is 0 Å². The van der Waals surface area contributed by atoms with Crippen molar-refractivity contribution in [3.05, 3.63) is 26.9 Å². The molecule has 0 spiro atoms. The molecule has 0 aliphatic heterocycles. The second kappa shape index (κ2) is 5.76. The van der Waals surface area contributed by atoms with Crippen LogP contribution in [0.15, 0.2) is 10.8 Å². The third-order valence-electron chi connectivity index (χ3n) is 2.69. The monoisotopic (exact) mass is 266 g/mol. The molecule has 0 atom stereocenters. The molecule has 0 unspecified atom stereocenters. The number of hydrogen-bond acceptors (Lipinski definition) is 4. The Labute approximate surface area is 111 Å². The highest BCUT2D eigenvalue weighted by molar-refractivity contribution is 7.15. The van der Waals surface area contributed by atoms with Crippen molar-refractivity contribution < 1.29 is 0 Å². The minimum atomic E-state index is 0.927. The highest BCUT2D eigenvalue weighted by atomic mass is 32.1. The van der Waals surface area contributed by atoms with E-state index in [4.69, 9.17) is 4.98 Å². The molecule has 0 aliphatic carbocycles. The van der Waals surface area contributed by atoms with Gasteiger partial charge in [0.05, 0.1) is 5.69 Å². The van der Waals surface area contributed by atoms with Gasteiger partial charge in [-0.3, -0.25) is 0 Å². The molecule has 0 saturated heterocycles. The van der Waals surface area contributed by atoms with Crippen LogP contribution in [0.25, 0.3) is 10.6 Å². The molecule has 2 rings (SSSR count). The molecule has 0 saturated carbocycles. The Morgan fingerprint density at radius 1 is 1.35 bits per heavy atom. The number of rotatable bonds is 5. The minimum Gasteiger partial charge on any atom is -0.315 e. The molecule has 92 valence electrons. The average molecular weight is 266 g/mol. The zero-order valence-corrected chi connectivity index (χ0v) is 12.2. The van der Waals surface area contributed by atoms with Crippen LogP contribution in [0, 0.1) is 6.92 Å². The number of nitrogens with zero attached hydrogens (tertiary/aromatic N) is 1. The number of aryl methyl sites for hydroxylation is 2. The summed E-state index contributed by atoms with van der Waals surface area (Å²) in [5.74, 6) is 0. The van der Waals surface area contributed by atoms with Gasteiger partial charge in [-0.15, -0.1) is 11.3 Å². The smallest absolute Gasteiger partial charge is 0.125 e. The van der Waals surface area contributed by atoms with Crippen molar-refractivity contribution in [2.45, 2.75) is 33.2 Å². The molecule has 0 fully saturated rings. The first-order chi connectivity index (χ1) is 8.26. The standard InChI is InChI=1S/C13H18N2S2/c1-4-5-11-12(6-14-3)17-13(15-11)10-8-16-7-9(10)2/h7-8,14H,4-6H2,1-3H3. The van der Waals surface area contributed by atoms with Crippen LogP contribution < -0.4 is 5.32 Å². The first kappa shape index (κ1) is 12.7. The van der Waals surface area contributed by atoms with E-state index in [9.17, 15) is 0 Å². The van der Waals surface area contributed by atoms with Crippen molar-refractivity contribution in [1.82, 2.24) is 10.3 Å². The molecule has 0 radical (unpaired) electrons. The van der Waals surface area contributed by atoms with Crippen LogP contribution in [0.4, 0.5) is 0 Å². The summed E-state index contributed by atoms with van der Waals surface area (Å²) in [6.45, 7) is 5.29. The number of thiazole rings is 1. The second-order valence-electron chi connectivity index (χ2n) is 4.14. The first-order valence-corrected chi connectivity index (χ1v) is 7.68. The largest absolute Gasteiger partial charge is 0.315 e. The van der Waals surface area contributed by atoms with Crippen molar-refractivity contribution in [3.63, 3.8) is 0 Å².